The summed E-state index contributed by atoms with van der Waals surface area (Å²) < 4.78 is 1.67. The molecule has 5 nitrogen and oxygen atoms in total. The highest BCUT2D eigenvalue weighted by Gasteiger charge is 2.24. The quantitative estimate of drug-likeness (QED) is 0.839. The van der Waals surface area contributed by atoms with Gasteiger partial charge in [-0.05, 0) is 18.1 Å². The second kappa shape index (κ2) is 5.92. The Labute approximate surface area is 123 Å². The Morgan fingerprint density at radius 1 is 1.43 bits per heavy atom. The first kappa shape index (κ1) is 15.0. The normalized spacial score (nSPS) is 13.5. The molecule has 5 heteroatoms. The van der Waals surface area contributed by atoms with Crippen molar-refractivity contribution >= 4 is 0 Å². The Morgan fingerprint density at radius 2 is 2.14 bits per heavy atom. The zero-order valence-corrected chi connectivity index (χ0v) is 12.0. The largest absolute Gasteiger partial charge is 0.385 e. The maximum absolute atomic E-state index is 10.3. The third-order valence-electron chi connectivity index (χ3n) is 3.34. The lowest BCUT2D eigenvalue weighted by molar-refractivity contribution is 0.0444. The molecule has 0 saturated carbocycles. The molecule has 2 unspecified atom stereocenters. The van der Waals surface area contributed by atoms with Crippen molar-refractivity contribution in [2.75, 3.05) is 0 Å². The minimum atomic E-state index is -1.33. The molecule has 0 aliphatic rings. The van der Waals surface area contributed by atoms with Gasteiger partial charge in [-0.2, -0.15) is 10.4 Å². The maximum Gasteiger partial charge on any atom is 0.118 e. The first-order valence-electron chi connectivity index (χ1n) is 6.48. The van der Waals surface area contributed by atoms with Gasteiger partial charge in [0.2, 0.25) is 0 Å². The van der Waals surface area contributed by atoms with Gasteiger partial charge < -0.3 is 10.2 Å². The van der Waals surface area contributed by atoms with Gasteiger partial charge in [0.1, 0.15) is 12.2 Å². The second-order valence-electron chi connectivity index (χ2n) is 5.02. The molecule has 2 atom stereocenters. The predicted octanol–water partition coefficient (Wildman–Crippen LogP) is 1.87. The summed E-state index contributed by atoms with van der Waals surface area (Å²) in [4.78, 5) is 0. The van der Waals surface area contributed by atoms with Gasteiger partial charge in [0.25, 0.3) is 0 Å². The van der Waals surface area contributed by atoms with Gasteiger partial charge >= 0.3 is 0 Å². The molecule has 1 aromatic heterocycles. The van der Waals surface area contributed by atoms with Gasteiger partial charge in [0, 0.05) is 18.8 Å². The number of aryl methyl sites for hydroxylation is 2. The standard InChI is InChI=1S/C16H17N3O2/c1-10-4-5-13(16(21)15(20)11(2)7-17)14(6-10)12-8-18-19(3)9-12/h4-6,8-9,15-16,20-21H,2H2,1,3H3. The number of hydrogen-bond donors (Lipinski definition) is 2. The summed E-state index contributed by atoms with van der Waals surface area (Å²) in [6, 6.07) is 7.28. The van der Waals surface area contributed by atoms with E-state index < -0.39 is 12.2 Å². The van der Waals surface area contributed by atoms with Crippen LogP contribution in [-0.4, -0.2) is 26.1 Å². The highest BCUT2D eigenvalue weighted by atomic mass is 16.3. The molecule has 0 bridgehead atoms. The van der Waals surface area contributed by atoms with Crippen molar-refractivity contribution in [2.24, 2.45) is 7.05 Å². The van der Waals surface area contributed by atoms with E-state index in [-0.39, 0.29) is 5.57 Å². The van der Waals surface area contributed by atoms with Crippen LogP contribution in [0, 0.1) is 18.3 Å². The highest BCUT2D eigenvalue weighted by Crippen LogP contribution is 2.32. The predicted molar refractivity (Wildman–Crippen MR) is 79.1 cm³/mol. The zero-order valence-electron chi connectivity index (χ0n) is 12.0. The topological polar surface area (TPSA) is 82.1 Å². The fraction of sp³-hybridized carbons (Fsp3) is 0.250. The van der Waals surface area contributed by atoms with Gasteiger partial charge in [-0.1, -0.05) is 30.3 Å². The molecule has 2 rings (SSSR count). The lowest BCUT2D eigenvalue weighted by Crippen LogP contribution is -2.20. The SMILES string of the molecule is C=C(C#N)C(O)C(O)c1ccc(C)cc1-c1cnn(C)c1. The number of aromatic nitrogens is 2. The Hall–Kier alpha value is -2.42. The number of nitriles is 1. The van der Waals surface area contributed by atoms with E-state index in [1.165, 1.54) is 0 Å². The fourth-order valence-electron chi connectivity index (χ4n) is 2.17. The van der Waals surface area contributed by atoms with E-state index in [1.807, 2.05) is 32.3 Å². The summed E-state index contributed by atoms with van der Waals surface area (Å²) in [5, 5.41) is 33.3. The molecule has 0 amide bonds. The molecule has 21 heavy (non-hydrogen) atoms. The van der Waals surface area contributed by atoms with Crippen LogP contribution in [0.5, 0.6) is 0 Å². The molecule has 2 aromatic rings. The smallest absolute Gasteiger partial charge is 0.118 e. The number of rotatable bonds is 4. The van der Waals surface area contributed by atoms with Crippen molar-refractivity contribution in [3.05, 3.63) is 53.9 Å². The van der Waals surface area contributed by atoms with Crippen LogP contribution in [0.3, 0.4) is 0 Å². The summed E-state index contributed by atoms with van der Waals surface area (Å²) in [6.07, 6.45) is 0.980. The molecule has 1 aromatic carbocycles. The van der Waals surface area contributed by atoms with Crippen LogP contribution in [0.15, 0.2) is 42.7 Å². The molecule has 0 aliphatic carbocycles. The summed E-state index contributed by atoms with van der Waals surface area (Å²) in [5.74, 6) is 0. The molecular formula is C16H17N3O2. The van der Waals surface area contributed by atoms with E-state index in [1.54, 1.807) is 23.0 Å². The lowest BCUT2D eigenvalue weighted by atomic mass is 9.92. The summed E-state index contributed by atoms with van der Waals surface area (Å²) in [7, 11) is 1.81. The first-order valence-corrected chi connectivity index (χ1v) is 6.48. The van der Waals surface area contributed by atoms with E-state index in [9.17, 15) is 10.2 Å². The average Bonchev–Trinajstić information content (AvgIpc) is 2.91. The minimum absolute atomic E-state index is 0.0692. The number of aliphatic hydroxyl groups excluding tert-OH is 2. The molecule has 108 valence electrons. The Kier molecular flexibility index (Phi) is 4.22. The van der Waals surface area contributed by atoms with Crippen LogP contribution in [-0.2, 0) is 7.05 Å². The Balaban J connectivity index is 2.49. The van der Waals surface area contributed by atoms with E-state index in [0.717, 1.165) is 16.7 Å². The van der Waals surface area contributed by atoms with Crippen molar-refractivity contribution in [3.63, 3.8) is 0 Å². The number of nitrogens with zero attached hydrogens (tertiary/aromatic N) is 3. The van der Waals surface area contributed by atoms with Crippen LogP contribution in [0.4, 0.5) is 0 Å². The van der Waals surface area contributed by atoms with Gasteiger partial charge in [0.15, 0.2) is 0 Å². The molecule has 1 heterocycles. The van der Waals surface area contributed by atoms with Crippen LogP contribution in [0.25, 0.3) is 11.1 Å². The van der Waals surface area contributed by atoms with Crippen molar-refractivity contribution in [1.29, 1.82) is 5.26 Å². The molecule has 0 saturated heterocycles. The van der Waals surface area contributed by atoms with Gasteiger partial charge in [-0.15, -0.1) is 0 Å². The van der Waals surface area contributed by atoms with E-state index in [2.05, 4.69) is 11.7 Å². The highest BCUT2D eigenvalue weighted by molar-refractivity contribution is 5.67. The Morgan fingerprint density at radius 3 is 2.71 bits per heavy atom. The average molecular weight is 283 g/mol. The third-order valence-corrected chi connectivity index (χ3v) is 3.34. The minimum Gasteiger partial charge on any atom is -0.385 e. The summed E-state index contributed by atoms with van der Waals surface area (Å²) in [6.45, 7) is 5.40. The molecule has 0 aliphatic heterocycles. The van der Waals surface area contributed by atoms with Crippen molar-refractivity contribution < 1.29 is 10.2 Å². The molecule has 0 spiro atoms. The molecule has 0 fully saturated rings. The van der Waals surface area contributed by atoms with Gasteiger partial charge in [0.05, 0.1) is 17.8 Å². The number of benzene rings is 1. The Bertz CT molecular complexity index is 713. The molecular weight excluding hydrogens is 266 g/mol. The maximum atomic E-state index is 10.3. The van der Waals surface area contributed by atoms with Crippen molar-refractivity contribution in [2.45, 2.75) is 19.1 Å². The second-order valence-corrected chi connectivity index (χ2v) is 5.02. The van der Waals surface area contributed by atoms with E-state index >= 15 is 0 Å². The first-order chi connectivity index (χ1) is 9.93. The van der Waals surface area contributed by atoms with Crippen molar-refractivity contribution in [1.82, 2.24) is 9.78 Å². The van der Waals surface area contributed by atoms with Crippen LogP contribution < -0.4 is 0 Å². The zero-order chi connectivity index (χ0) is 15.6. The number of hydrogen-bond acceptors (Lipinski definition) is 4. The monoisotopic (exact) mass is 283 g/mol. The lowest BCUT2D eigenvalue weighted by Gasteiger charge is -2.20. The van der Waals surface area contributed by atoms with Gasteiger partial charge in [-0.3, -0.25) is 4.68 Å². The van der Waals surface area contributed by atoms with Crippen molar-refractivity contribution in [3.8, 4) is 17.2 Å². The van der Waals surface area contributed by atoms with Gasteiger partial charge in [-0.25, -0.2) is 0 Å². The summed E-state index contributed by atoms with van der Waals surface area (Å²) in [5.41, 5.74) is 3.11. The van der Waals surface area contributed by atoms with E-state index in [4.69, 9.17) is 5.26 Å². The van der Waals surface area contributed by atoms with E-state index in [0.29, 0.717) is 5.56 Å². The van der Waals surface area contributed by atoms with Crippen LogP contribution in [0.2, 0.25) is 0 Å². The third kappa shape index (κ3) is 3.02. The number of aliphatic hydroxyl groups is 2. The fourth-order valence-corrected chi connectivity index (χ4v) is 2.17. The van der Waals surface area contributed by atoms with Crippen LogP contribution in [0.1, 0.15) is 17.2 Å². The van der Waals surface area contributed by atoms with Crippen LogP contribution >= 0.6 is 0 Å². The summed E-state index contributed by atoms with van der Waals surface area (Å²) >= 11 is 0. The molecule has 2 N–H and O–H groups in total. The molecule has 0 radical (unpaired) electrons.